The zero-order chi connectivity index (χ0) is 14.8. The summed E-state index contributed by atoms with van der Waals surface area (Å²) in [6.07, 6.45) is 0.184. The molecule has 5 heteroatoms. The van der Waals surface area contributed by atoms with Crippen LogP contribution in [-0.2, 0) is 13.0 Å². The van der Waals surface area contributed by atoms with Crippen LogP contribution < -0.4 is 0 Å². The molecule has 104 valence electrons. The molecule has 21 heavy (non-hydrogen) atoms. The summed E-state index contributed by atoms with van der Waals surface area (Å²) in [7, 11) is 0. The van der Waals surface area contributed by atoms with Crippen molar-refractivity contribution < 1.29 is 4.39 Å². The number of benzene rings is 2. The monoisotopic (exact) mass is 299 g/mol. The molecule has 0 aliphatic carbocycles. The maximum absolute atomic E-state index is 13.3. The van der Waals surface area contributed by atoms with Crippen LogP contribution in [0.3, 0.4) is 0 Å². The zero-order valence-electron chi connectivity index (χ0n) is 11.1. The highest BCUT2D eigenvalue weighted by Crippen LogP contribution is 2.20. The number of imidazole rings is 1. The minimum Gasteiger partial charge on any atom is -0.323 e. The van der Waals surface area contributed by atoms with Crippen LogP contribution in [-0.4, -0.2) is 9.55 Å². The summed E-state index contributed by atoms with van der Waals surface area (Å²) in [6.45, 7) is 0.566. The first-order valence-corrected chi connectivity index (χ1v) is 6.81. The molecule has 0 atom stereocenters. The number of halogens is 2. The van der Waals surface area contributed by atoms with Crippen molar-refractivity contribution in [3.63, 3.8) is 0 Å². The summed E-state index contributed by atoms with van der Waals surface area (Å²) in [5, 5.41) is 9.61. The maximum atomic E-state index is 13.3. The smallest absolute Gasteiger partial charge is 0.125 e. The molecule has 3 nitrogen and oxygen atoms in total. The quantitative estimate of drug-likeness (QED) is 0.735. The third-order valence-electron chi connectivity index (χ3n) is 3.28. The molecule has 0 unspecified atom stereocenters. The molecule has 0 spiro atoms. The Morgan fingerprint density at radius 1 is 1.19 bits per heavy atom. The van der Waals surface area contributed by atoms with Gasteiger partial charge in [0.1, 0.15) is 11.6 Å². The second kappa shape index (κ2) is 5.55. The number of fused-ring (bicyclic) bond motifs is 1. The van der Waals surface area contributed by atoms with Crippen molar-refractivity contribution in [3.8, 4) is 6.07 Å². The van der Waals surface area contributed by atoms with Gasteiger partial charge in [-0.3, -0.25) is 0 Å². The first-order valence-electron chi connectivity index (χ1n) is 6.43. The molecule has 3 aromatic rings. The normalized spacial score (nSPS) is 10.7. The Hall–Kier alpha value is -2.38. The van der Waals surface area contributed by atoms with Crippen molar-refractivity contribution in [2.75, 3.05) is 0 Å². The first-order chi connectivity index (χ1) is 10.2. The van der Waals surface area contributed by atoms with E-state index in [0.29, 0.717) is 22.9 Å². The lowest BCUT2D eigenvalue weighted by molar-refractivity contribution is 0.629. The molecule has 0 saturated heterocycles. The van der Waals surface area contributed by atoms with Gasteiger partial charge in [-0.15, -0.1) is 0 Å². The number of aromatic nitrogens is 2. The van der Waals surface area contributed by atoms with Crippen LogP contribution in [0.25, 0.3) is 11.0 Å². The Morgan fingerprint density at radius 3 is 2.67 bits per heavy atom. The second-order valence-corrected chi connectivity index (χ2v) is 5.15. The van der Waals surface area contributed by atoms with Gasteiger partial charge in [-0.25, -0.2) is 9.37 Å². The Kier molecular flexibility index (Phi) is 3.59. The average Bonchev–Trinajstić information content (AvgIpc) is 2.79. The van der Waals surface area contributed by atoms with Crippen molar-refractivity contribution in [1.29, 1.82) is 5.26 Å². The van der Waals surface area contributed by atoms with E-state index in [1.54, 1.807) is 6.07 Å². The molecule has 1 heterocycles. The lowest BCUT2D eigenvalue weighted by Gasteiger charge is -2.08. The molecule has 0 radical (unpaired) electrons. The van der Waals surface area contributed by atoms with Crippen LogP contribution in [0.4, 0.5) is 4.39 Å². The predicted molar refractivity (Wildman–Crippen MR) is 79.6 cm³/mol. The summed E-state index contributed by atoms with van der Waals surface area (Å²) in [5.74, 6) is 0.301. The van der Waals surface area contributed by atoms with Gasteiger partial charge >= 0.3 is 0 Å². The molecule has 2 aromatic carbocycles. The molecule has 0 bridgehead atoms. The third kappa shape index (κ3) is 2.74. The van der Waals surface area contributed by atoms with Crippen LogP contribution in [0.15, 0.2) is 42.5 Å². The SMILES string of the molecule is N#CCc1nc2cc(F)ccc2n1Cc1ccc(Cl)cc1. The Bertz CT molecular complexity index is 831. The Balaban J connectivity index is 2.08. The van der Waals surface area contributed by atoms with Gasteiger partial charge in [0.2, 0.25) is 0 Å². The van der Waals surface area contributed by atoms with Gasteiger partial charge < -0.3 is 4.57 Å². The number of hydrogen-bond acceptors (Lipinski definition) is 2. The molecule has 0 fully saturated rings. The van der Waals surface area contributed by atoms with E-state index in [0.717, 1.165) is 11.1 Å². The summed E-state index contributed by atoms with van der Waals surface area (Å²) in [4.78, 5) is 4.35. The van der Waals surface area contributed by atoms with E-state index in [-0.39, 0.29) is 12.2 Å². The van der Waals surface area contributed by atoms with Crippen LogP contribution >= 0.6 is 11.6 Å². The number of nitrogens with zero attached hydrogens (tertiary/aromatic N) is 3. The van der Waals surface area contributed by atoms with Gasteiger partial charge in [-0.05, 0) is 29.8 Å². The van der Waals surface area contributed by atoms with E-state index in [4.69, 9.17) is 16.9 Å². The minimum atomic E-state index is -0.331. The second-order valence-electron chi connectivity index (χ2n) is 4.71. The van der Waals surface area contributed by atoms with Gasteiger partial charge in [0.05, 0.1) is 23.5 Å². The van der Waals surface area contributed by atoms with Crippen molar-refractivity contribution in [2.45, 2.75) is 13.0 Å². The molecule has 3 rings (SSSR count). The fourth-order valence-electron chi connectivity index (χ4n) is 2.31. The lowest BCUT2D eigenvalue weighted by atomic mass is 10.2. The zero-order valence-corrected chi connectivity index (χ0v) is 11.8. The van der Waals surface area contributed by atoms with E-state index < -0.39 is 0 Å². The van der Waals surface area contributed by atoms with Crippen LogP contribution in [0.2, 0.25) is 5.02 Å². The molecule has 0 amide bonds. The Labute approximate surface area is 126 Å². The van der Waals surface area contributed by atoms with Gasteiger partial charge in [-0.1, -0.05) is 23.7 Å². The highest BCUT2D eigenvalue weighted by Gasteiger charge is 2.11. The van der Waals surface area contributed by atoms with E-state index in [9.17, 15) is 4.39 Å². The first kappa shape index (κ1) is 13.6. The third-order valence-corrected chi connectivity index (χ3v) is 3.53. The van der Waals surface area contributed by atoms with Crippen molar-refractivity contribution in [3.05, 3.63) is 64.7 Å². The number of hydrogen-bond donors (Lipinski definition) is 0. The summed E-state index contributed by atoms with van der Waals surface area (Å²) in [6, 6.07) is 14.1. The van der Waals surface area contributed by atoms with Gasteiger partial charge in [0.15, 0.2) is 0 Å². The lowest BCUT2D eigenvalue weighted by Crippen LogP contribution is -2.04. The van der Waals surface area contributed by atoms with Crippen molar-refractivity contribution >= 4 is 22.6 Å². The number of rotatable bonds is 3. The molecule has 1 aromatic heterocycles. The largest absolute Gasteiger partial charge is 0.323 e. The Morgan fingerprint density at radius 2 is 1.95 bits per heavy atom. The molecular formula is C16H11ClFN3. The molecular weight excluding hydrogens is 289 g/mol. The summed E-state index contributed by atoms with van der Waals surface area (Å²) >= 11 is 5.88. The van der Waals surface area contributed by atoms with Gasteiger partial charge in [-0.2, -0.15) is 5.26 Å². The fraction of sp³-hybridized carbons (Fsp3) is 0.125. The molecule has 0 saturated carbocycles. The molecule has 0 aliphatic heterocycles. The van der Waals surface area contributed by atoms with E-state index >= 15 is 0 Å². The van der Waals surface area contributed by atoms with E-state index in [1.807, 2.05) is 28.8 Å². The highest BCUT2D eigenvalue weighted by atomic mass is 35.5. The van der Waals surface area contributed by atoms with E-state index in [1.165, 1.54) is 12.1 Å². The van der Waals surface area contributed by atoms with Crippen molar-refractivity contribution in [2.24, 2.45) is 0 Å². The van der Waals surface area contributed by atoms with Crippen molar-refractivity contribution in [1.82, 2.24) is 9.55 Å². The average molecular weight is 300 g/mol. The minimum absolute atomic E-state index is 0.184. The van der Waals surface area contributed by atoms with Gasteiger partial charge in [0, 0.05) is 17.6 Å². The van der Waals surface area contributed by atoms with Gasteiger partial charge in [0.25, 0.3) is 0 Å². The standard InChI is InChI=1S/C16H11ClFN3/c17-12-3-1-11(2-4-12)10-21-15-6-5-13(18)9-14(15)20-16(21)7-8-19/h1-6,9H,7,10H2. The van der Waals surface area contributed by atoms with Crippen LogP contribution in [0.1, 0.15) is 11.4 Å². The van der Waals surface area contributed by atoms with Crippen LogP contribution in [0, 0.1) is 17.1 Å². The molecule has 0 aliphatic rings. The highest BCUT2D eigenvalue weighted by molar-refractivity contribution is 6.30. The summed E-state index contributed by atoms with van der Waals surface area (Å²) in [5.41, 5.74) is 2.42. The topological polar surface area (TPSA) is 41.6 Å². The summed E-state index contributed by atoms with van der Waals surface area (Å²) < 4.78 is 15.2. The van der Waals surface area contributed by atoms with E-state index in [2.05, 4.69) is 11.1 Å². The molecule has 0 N–H and O–H groups in total. The maximum Gasteiger partial charge on any atom is 0.125 e. The predicted octanol–water partition coefficient (Wildman–Crippen LogP) is 3.94. The fourth-order valence-corrected chi connectivity index (χ4v) is 2.43. The number of nitriles is 1. The van der Waals surface area contributed by atoms with Crippen LogP contribution in [0.5, 0.6) is 0 Å².